The van der Waals surface area contributed by atoms with Crippen LogP contribution in [0.2, 0.25) is 0 Å². The van der Waals surface area contributed by atoms with Crippen molar-refractivity contribution >= 4 is 5.71 Å². The van der Waals surface area contributed by atoms with Gasteiger partial charge >= 0.3 is 0 Å². The highest BCUT2D eigenvalue weighted by Gasteiger charge is 2.18. The van der Waals surface area contributed by atoms with Crippen molar-refractivity contribution in [1.29, 1.82) is 0 Å². The van der Waals surface area contributed by atoms with E-state index in [1.165, 1.54) is 60.7 Å². The lowest BCUT2D eigenvalue weighted by atomic mass is 10.1. The quantitative estimate of drug-likeness (QED) is 0.782. The number of benzene rings is 1. The number of aliphatic imine (C=N–C) groups is 1. The first-order valence-corrected chi connectivity index (χ1v) is 8.63. The first-order chi connectivity index (χ1) is 11.2. The lowest BCUT2D eigenvalue weighted by Crippen LogP contribution is -2.35. The highest BCUT2D eigenvalue weighted by molar-refractivity contribution is 6.03. The maximum atomic E-state index is 4.62. The van der Waals surface area contributed by atoms with E-state index in [9.17, 15) is 0 Å². The second kappa shape index (κ2) is 7.14. The molecular formula is C20H27N3. The maximum absolute atomic E-state index is 4.62. The number of hydrogen-bond acceptors (Lipinski definition) is 2. The SMILES string of the molecule is CN=C(CN1CCCCC1)c1cc(C)n(-c2ccccc2)c1C. The van der Waals surface area contributed by atoms with Crippen LogP contribution in [0.3, 0.4) is 0 Å². The topological polar surface area (TPSA) is 20.5 Å². The molecule has 1 aliphatic rings. The number of aryl methyl sites for hydroxylation is 1. The predicted molar refractivity (Wildman–Crippen MR) is 98.0 cm³/mol. The first-order valence-electron chi connectivity index (χ1n) is 8.63. The third-order valence-electron chi connectivity index (χ3n) is 4.85. The fourth-order valence-corrected chi connectivity index (χ4v) is 3.63. The predicted octanol–water partition coefficient (Wildman–Crippen LogP) is 4.00. The molecule has 0 atom stereocenters. The van der Waals surface area contributed by atoms with E-state index in [4.69, 9.17) is 0 Å². The molecule has 1 aliphatic heterocycles. The largest absolute Gasteiger partial charge is 0.318 e. The number of aromatic nitrogens is 1. The van der Waals surface area contributed by atoms with Crippen molar-refractivity contribution in [1.82, 2.24) is 9.47 Å². The van der Waals surface area contributed by atoms with E-state index in [0.717, 1.165) is 6.54 Å². The van der Waals surface area contributed by atoms with Crippen LogP contribution in [0, 0.1) is 13.8 Å². The van der Waals surface area contributed by atoms with Crippen molar-refractivity contribution in [2.24, 2.45) is 4.99 Å². The third kappa shape index (κ3) is 3.40. The van der Waals surface area contributed by atoms with Gasteiger partial charge in [-0.05, 0) is 58.0 Å². The first kappa shape index (κ1) is 16.0. The molecule has 1 aromatic heterocycles. The molecule has 0 bridgehead atoms. The van der Waals surface area contributed by atoms with Gasteiger partial charge in [0.05, 0.1) is 5.71 Å². The number of likely N-dealkylation sites (tertiary alicyclic amines) is 1. The second-order valence-corrected chi connectivity index (χ2v) is 6.46. The lowest BCUT2D eigenvalue weighted by Gasteiger charge is -2.27. The van der Waals surface area contributed by atoms with E-state index in [2.05, 4.69) is 64.7 Å². The summed E-state index contributed by atoms with van der Waals surface area (Å²) in [5.41, 5.74) is 6.28. The highest BCUT2D eigenvalue weighted by Crippen LogP contribution is 2.22. The van der Waals surface area contributed by atoms with Crippen LogP contribution >= 0.6 is 0 Å². The Bertz CT molecular complexity index is 676. The van der Waals surface area contributed by atoms with Gasteiger partial charge in [0.2, 0.25) is 0 Å². The number of piperidine rings is 1. The minimum absolute atomic E-state index is 0.968. The molecule has 3 nitrogen and oxygen atoms in total. The Morgan fingerprint density at radius 1 is 1.04 bits per heavy atom. The molecule has 0 aliphatic carbocycles. The zero-order valence-electron chi connectivity index (χ0n) is 14.5. The third-order valence-corrected chi connectivity index (χ3v) is 4.85. The van der Waals surface area contributed by atoms with Gasteiger partial charge in [-0.1, -0.05) is 24.6 Å². The molecule has 0 radical (unpaired) electrons. The molecule has 0 unspecified atom stereocenters. The van der Waals surface area contributed by atoms with Crippen molar-refractivity contribution in [3.05, 3.63) is 53.3 Å². The van der Waals surface area contributed by atoms with Gasteiger partial charge in [-0.3, -0.25) is 9.89 Å². The zero-order chi connectivity index (χ0) is 16.2. The van der Waals surface area contributed by atoms with Gasteiger partial charge in [0.25, 0.3) is 0 Å². The van der Waals surface area contributed by atoms with Gasteiger partial charge < -0.3 is 4.57 Å². The van der Waals surface area contributed by atoms with Gasteiger partial charge in [0.15, 0.2) is 0 Å². The van der Waals surface area contributed by atoms with Crippen molar-refractivity contribution in [2.75, 3.05) is 26.7 Å². The van der Waals surface area contributed by atoms with E-state index >= 15 is 0 Å². The normalized spacial score (nSPS) is 16.7. The van der Waals surface area contributed by atoms with Gasteiger partial charge in [0.1, 0.15) is 0 Å². The number of rotatable bonds is 4. The van der Waals surface area contributed by atoms with Gasteiger partial charge in [0, 0.05) is 36.2 Å². The van der Waals surface area contributed by atoms with Crippen molar-refractivity contribution in [2.45, 2.75) is 33.1 Å². The lowest BCUT2D eigenvalue weighted by molar-refractivity contribution is 0.258. The van der Waals surface area contributed by atoms with Gasteiger partial charge in [-0.2, -0.15) is 0 Å². The Balaban J connectivity index is 1.90. The van der Waals surface area contributed by atoms with E-state index in [-0.39, 0.29) is 0 Å². The Morgan fingerprint density at radius 2 is 1.74 bits per heavy atom. The Morgan fingerprint density at radius 3 is 2.39 bits per heavy atom. The zero-order valence-corrected chi connectivity index (χ0v) is 14.5. The maximum Gasteiger partial charge on any atom is 0.0575 e. The minimum Gasteiger partial charge on any atom is -0.318 e. The fourth-order valence-electron chi connectivity index (χ4n) is 3.63. The summed E-state index contributed by atoms with van der Waals surface area (Å²) in [6.45, 7) is 7.76. The van der Waals surface area contributed by atoms with E-state index in [1.807, 2.05) is 7.05 Å². The minimum atomic E-state index is 0.968. The fraction of sp³-hybridized carbons (Fsp3) is 0.450. The number of hydrogen-bond donors (Lipinski definition) is 0. The monoisotopic (exact) mass is 309 g/mol. The molecule has 3 rings (SSSR count). The second-order valence-electron chi connectivity index (χ2n) is 6.46. The standard InChI is InChI=1S/C20H27N3/c1-16-14-19(17(2)23(16)18-10-6-4-7-11-18)20(21-3)15-22-12-8-5-9-13-22/h4,6-7,10-11,14H,5,8-9,12-13,15H2,1-3H3. The van der Waals surface area contributed by atoms with Crippen LogP contribution in [0.1, 0.15) is 36.2 Å². The van der Waals surface area contributed by atoms with Crippen LogP contribution in [0.4, 0.5) is 0 Å². The molecule has 0 amide bonds. The molecular weight excluding hydrogens is 282 g/mol. The van der Waals surface area contributed by atoms with E-state index in [1.54, 1.807) is 0 Å². The molecule has 1 fully saturated rings. The summed E-state index contributed by atoms with van der Waals surface area (Å²) in [6.07, 6.45) is 4.01. The van der Waals surface area contributed by atoms with Crippen molar-refractivity contribution in [3.8, 4) is 5.69 Å². The molecule has 122 valence electrons. The van der Waals surface area contributed by atoms with Crippen molar-refractivity contribution in [3.63, 3.8) is 0 Å². The highest BCUT2D eigenvalue weighted by atomic mass is 15.1. The smallest absolute Gasteiger partial charge is 0.0575 e. The molecule has 0 saturated carbocycles. The molecule has 2 heterocycles. The Labute approximate surface area is 139 Å². The summed E-state index contributed by atoms with van der Waals surface area (Å²) < 4.78 is 2.33. The van der Waals surface area contributed by atoms with Crippen LogP contribution in [0.25, 0.3) is 5.69 Å². The molecule has 0 spiro atoms. The Hall–Kier alpha value is -1.87. The molecule has 3 heteroatoms. The van der Waals surface area contributed by atoms with Crippen LogP contribution in [0.5, 0.6) is 0 Å². The molecule has 1 saturated heterocycles. The summed E-state index contributed by atoms with van der Waals surface area (Å²) in [6, 6.07) is 12.9. The molecule has 2 aromatic rings. The van der Waals surface area contributed by atoms with Crippen LogP contribution in [-0.4, -0.2) is 41.9 Å². The summed E-state index contributed by atoms with van der Waals surface area (Å²) in [5, 5.41) is 0. The summed E-state index contributed by atoms with van der Waals surface area (Å²) in [5.74, 6) is 0. The number of para-hydroxylation sites is 1. The van der Waals surface area contributed by atoms with Crippen LogP contribution in [0.15, 0.2) is 41.4 Å². The Kier molecular flexibility index (Phi) is 4.97. The summed E-state index contributed by atoms with van der Waals surface area (Å²) >= 11 is 0. The van der Waals surface area contributed by atoms with Crippen LogP contribution < -0.4 is 0 Å². The average Bonchev–Trinajstić information content (AvgIpc) is 2.89. The van der Waals surface area contributed by atoms with Gasteiger partial charge in [-0.25, -0.2) is 0 Å². The summed E-state index contributed by atoms with van der Waals surface area (Å²) in [7, 11) is 1.92. The van der Waals surface area contributed by atoms with Crippen molar-refractivity contribution < 1.29 is 0 Å². The van der Waals surface area contributed by atoms with E-state index < -0.39 is 0 Å². The van der Waals surface area contributed by atoms with E-state index in [0.29, 0.717) is 0 Å². The van der Waals surface area contributed by atoms with Gasteiger partial charge in [-0.15, -0.1) is 0 Å². The number of nitrogens with zero attached hydrogens (tertiary/aromatic N) is 3. The molecule has 0 N–H and O–H groups in total. The van der Waals surface area contributed by atoms with Crippen LogP contribution in [-0.2, 0) is 0 Å². The average molecular weight is 309 g/mol. The molecule has 1 aromatic carbocycles. The summed E-state index contributed by atoms with van der Waals surface area (Å²) in [4.78, 5) is 7.17. The molecule has 23 heavy (non-hydrogen) atoms.